The Kier molecular flexibility index (Phi) is 4.54. The summed E-state index contributed by atoms with van der Waals surface area (Å²) in [6.45, 7) is 6.64. The van der Waals surface area contributed by atoms with Crippen LogP contribution in [0.4, 0.5) is 0 Å². The Morgan fingerprint density at radius 2 is 2.35 bits per heavy atom. The molecule has 2 N–H and O–H groups in total. The molecule has 1 atom stereocenters. The topological polar surface area (TPSA) is 45.1 Å². The number of thiazole rings is 1. The van der Waals surface area contributed by atoms with Crippen molar-refractivity contribution in [1.82, 2.24) is 10.3 Å². The van der Waals surface area contributed by atoms with Gasteiger partial charge in [0.05, 0.1) is 12.3 Å². The molecule has 0 fully saturated rings. The highest BCUT2D eigenvalue weighted by molar-refractivity contribution is 7.11. The second-order valence-corrected chi connectivity index (χ2v) is 6.38. The molecular weight excluding hydrogens is 232 g/mol. The summed E-state index contributed by atoms with van der Waals surface area (Å²) in [6.07, 6.45) is 3.63. The fourth-order valence-corrected chi connectivity index (χ4v) is 3.43. The zero-order chi connectivity index (χ0) is 12.3. The molecule has 1 heterocycles. The van der Waals surface area contributed by atoms with E-state index in [0.717, 1.165) is 24.5 Å². The van der Waals surface area contributed by atoms with Crippen LogP contribution in [0.3, 0.4) is 0 Å². The molecule has 1 aromatic heterocycles. The lowest BCUT2D eigenvalue weighted by Gasteiger charge is -2.22. The van der Waals surface area contributed by atoms with E-state index in [4.69, 9.17) is 5.11 Å². The van der Waals surface area contributed by atoms with Crippen molar-refractivity contribution in [1.29, 1.82) is 0 Å². The number of nitrogens with one attached hydrogen (secondary N) is 1. The summed E-state index contributed by atoms with van der Waals surface area (Å²) in [5.74, 6) is 1.25. The molecule has 0 spiro atoms. The lowest BCUT2D eigenvalue weighted by atomic mass is 9.91. The van der Waals surface area contributed by atoms with Gasteiger partial charge in [0.2, 0.25) is 0 Å². The molecule has 17 heavy (non-hydrogen) atoms. The summed E-state index contributed by atoms with van der Waals surface area (Å²) in [5, 5.41) is 13.6. The van der Waals surface area contributed by atoms with Gasteiger partial charge in [-0.25, -0.2) is 4.98 Å². The van der Waals surface area contributed by atoms with E-state index in [1.807, 2.05) is 0 Å². The molecule has 2 rings (SSSR count). The summed E-state index contributed by atoms with van der Waals surface area (Å²) in [5.41, 5.74) is 1.25. The summed E-state index contributed by atoms with van der Waals surface area (Å²) >= 11 is 1.69. The van der Waals surface area contributed by atoms with Crippen molar-refractivity contribution in [2.75, 3.05) is 13.1 Å². The molecule has 0 amide bonds. The number of hydrogen-bond donors (Lipinski definition) is 2. The highest BCUT2D eigenvalue weighted by Crippen LogP contribution is 2.34. The number of nitrogens with zero attached hydrogens (tertiary/aromatic N) is 1. The maximum absolute atomic E-state index is 9.15. The number of aliphatic hydroxyl groups is 1. The van der Waals surface area contributed by atoms with Crippen molar-refractivity contribution in [3.63, 3.8) is 0 Å². The van der Waals surface area contributed by atoms with Crippen molar-refractivity contribution in [3.05, 3.63) is 15.6 Å². The Morgan fingerprint density at radius 1 is 1.53 bits per heavy atom. The van der Waals surface area contributed by atoms with E-state index in [1.54, 1.807) is 11.3 Å². The van der Waals surface area contributed by atoms with Gasteiger partial charge in [-0.15, -0.1) is 11.3 Å². The lowest BCUT2D eigenvalue weighted by Crippen LogP contribution is -2.27. The first kappa shape index (κ1) is 13.0. The largest absolute Gasteiger partial charge is 0.389 e. The number of aliphatic hydroxyl groups excluding tert-OH is 1. The Balaban J connectivity index is 1.98. The fourth-order valence-electron chi connectivity index (χ4n) is 2.37. The molecule has 1 unspecified atom stereocenters. The molecule has 4 heteroatoms. The highest BCUT2D eigenvalue weighted by Gasteiger charge is 2.24. The average molecular weight is 254 g/mol. The van der Waals surface area contributed by atoms with Crippen molar-refractivity contribution in [2.45, 2.75) is 45.6 Å². The maximum atomic E-state index is 9.15. The second kappa shape index (κ2) is 5.94. The molecule has 0 saturated carbocycles. The first-order valence-electron chi connectivity index (χ1n) is 6.50. The minimum Gasteiger partial charge on any atom is -0.389 e. The van der Waals surface area contributed by atoms with Gasteiger partial charge in [0.25, 0.3) is 0 Å². The summed E-state index contributed by atoms with van der Waals surface area (Å²) in [4.78, 5) is 5.98. The molecule has 1 aliphatic rings. The van der Waals surface area contributed by atoms with Gasteiger partial charge in [-0.05, 0) is 31.7 Å². The molecular formula is C13H22N2OS. The van der Waals surface area contributed by atoms with Crippen molar-refractivity contribution >= 4 is 11.3 Å². The highest BCUT2D eigenvalue weighted by atomic mass is 32.1. The van der Waals surface area contributed by atoms with Crippen LogP contribution in [0.15, 0.2) is 0 Å². The monoisotopic (exact) mass is 254 g/mol. The van der Waals surface area contributed by atoms with Crippen LogP contribution in [-0.4, -0.2) is 23.2 Å². The summed E-state index contributed by atoms with van der Waals surface area (Å²) in [7, 11) is 0. The van der Waals surface area contributed by atoms with Gasteiger partial charge >= 0.3 is 0 Å². The van der Waals surface area contributed by atoms with Gasteiger partial charge in [-0.2, -0.15) is 0 Å². The Morgan fingerprint density at radius 3 is 3.06 bits per heavy atom. The van der Waals surface area contributed by atoms with Gasteiger partial charge in [-0.1, -0.05) is 13.8 Å². The van der Waals surface area contributed by atoms with E-state index >= 15 is 0 Å². The number of rotatable bonds is 5. The third kappa shape index (κ3) is 3.27. The van der Waals surface area contributed by atoms with Crippen molar-refractivity contribution in [3.8, 4) is 0 Å². The molecule has 1 aliphatic carbocycles. The minimum absolute atomic E-state index is 0.0871. The van der Waals surface area contributed by atoms with Gasteiger partial charge in [0.1, 0.15) is 5.01 Å². The molecule has 0 saturated heterocycles. The molecule has 3 nitrogen and oxygen atoms in total. The molecule has 0 aromatic carbocycles. The summed E-state index contributed by atoms with van der Waals surface area (Å²) < 4.78 is 0. The first-order valence-corrected chi connectivity index (χ1v) is 7.32. The van der Waals surface area contributed by atoms with Crippen LogP contribution < -0.4 is 5.32 Å². The van der Waals surface area contributed by atoms with E-state index in [1.165, 1.54) is 23.4 Å². The maximum Gasteiger partial charge on any atom is 0.119 e. The van der Waals surface area contributed by atoms with Crippen molar-refractivity contribution in [2.24, 2.45) is 5.92 Å². The smallest absolute Gasteiger partial charge is 0.119 e. The SMILES string of the molecule is CC(C)CNCC1CCCc2sc(CO)nc21. The third-order valence-corrected chi connectivity index (χ3v) is 4.31. The van der Waals surface area contributed by atoms with E-state index in [-0.39, 0.29) is 6.61 Å². The van der Waals surface area contributed by atoms with Gasteiger partial charge in [0.15, 0.2) is 0 Å². The van der Waals surface area contributed by atoms with Crippen LogP contribution in [0.5, 0.6) is 0 Å². The standard InChI is InChI=1S/C13H22N2OS/c1-9(2)6-14-7-10-4-3-5-11-13(10)15-12(8-16)17-11/h9-10,14,16H,3-8H2,1-2H3. The van der Waals surface area contributed by atoms with E-state index < -0.39 is 0 Å². The quantitative estimate of drug-likeness (QED) is 0.847. The van der Waals surface area contributed by atoms with E-state index in [2.05, 4.69) is 24.1 Å². The van der Waals surface area contributed by atoms with E-state index in [0.29, 0.717) is 11.8 Å². The normalized spacial score (nSPS) is 19.6. The fraction of sp³-hybridized carbons (Fsp3) is 0.769. The second-order valence-electron chi connectivity index (χ2n) is 5.22. The molecule has 96 valence electrons. The zero-order valence-electron chi connectivity index (χ0n) is 10.7. The van der Waals surface area contributed by atoms with Crippen LogP contribution in [-0.2, 0) is 13.0 Å². The van der Waals surface area contributed by atoms with Crippen molar-refractivity contribution < 1.29 is 5.11 Å². The van der Waals surface area contributed by atoms with Crippen LogP contribution >= 0.6 is 11.3 Å². The van der Waals surface area contributed by atoms with Crippen LogP contribution in [0.2, 0.25) is 0 Å². The van der Waals surface area contributed by atoms with Gasteiger partial charge < -0.3 is 10.4 Å². The molecule has 0 radical (unpaired) electrons. The van der Waals surface area contributed by atoms with Crippen LogP contribution in [0.1, 0.15) is 48.2 Å². The minimum atomic E-state index is 0.0871. The first-order chi connectivity index (χ1) is 8.20. The number of hydrogen-bond acceptors (Lipinski definition) is 4. The number of fused-ring (bicyclic) bond motifs is 1. The average Bonchev–Trinajstić information content (AvgIpc) is 2.72. The molecule has 0 aliphatic heterocycles. The lowest BCUT2D eigenvalue weighted by molar-refractivity contribution is 0.280. The van der Waals surface area contributed by atoms with Crippen LogP contribution in [0, 0.1) is 5.92 Å². The molecule has 0 bridgehead atoms. The third-order valence-electron chi connectivity index (χ3n) is 3.19. The Bertz CT molecular complexity index is 362. The van der Waals surface area contributed by atoms with Gasteiger partial charge in [-0.3, -0.25) is 0 Å². The predicted octanol–water partition coefficient (Wildman–Crippen LogP) is 2.30. The van der Waals surface area contributed by atoms with E-state index in [9.17, 15) is 0 Å². The Labute approximate surface area is 107 Å². The summed E-state index contributed by atoms with van der Waals surface area (Å²) in [6, 6.07) is 0. The predicted molar refractivity (Wildman–Crippen MR) is 71.4 cm³/mol. The molecule has 1 aromatic rings. The Hall–Kier alpha value is -0.450. The van der Waals surface area contributed by atoms with Crippen LogP contribution in [0.25, 0.3) is 0 Å². The number of aromatic nitrogens is 1. The van der Waals surface area contributed by atoms with Gasteiger partial charge in [0, 0.05) is 17.3 Å². The number of aryl methyl sites for hydroxylation is 1. The zero-order valence-corrected chi connectivity index (χ0v) is 11.5.